The van der Waals surface area contributed by atoms with E-state index in [1.165, 1.54) is 12.1 Å². The van der Waals surface area contributed by atoms with Gasteiger partial charge < -0.3 is 10.2 Å². The van der Waals surface area contributed by atoms with Gasteiger partial charge in [-0.25, -0.2) is 4.39 Å². The molecule has 28 heavy (non-hydrogen) atoms. The molecule has 1 unspecified atom stereocenters. The number of rotatable bonds is 7. The number of hydrogen-bond acceptors (Lipinski definition) is 3. The van der Waals surface area contributed by atoms with Crippen LogP contribution in [0.25, 0.3) is 0 Å². The highest BCUT2D eigenvalue weighted by atomic mass is 19.1. The maximum absolute atomic E-state index is 13.4. The zero-order chi connectivity index (χ0) is 19.9. The second-order valence-electron chi connectivity index (χ2n) is 7.14. The summed E-state index contributed by atoms with van der Waals surface area (Å²) in [7, 11) is 1.85. The van der Waals surface area contributed by atoms with Crippen LogP contribution in [0.5, 0.6) is 0 Å². The first-order chi connectivity index (χ1) is 13.5. The van der Waals surface area contributed by atoms with Crippen LogP contribution in [0.2, 0.25) is 0 Å². The number of carbonyl (C=O) groups is 2. The van der Waals surface area contributed by atoms with Crippen LogP contribution in [0.3, 0.4) is 0 Å². The Morgan fingerprint density at radius 2 is 1.64 bits per heavy atom. The summed E-state index contributed by atoms with van der Waals surface area (Å²) < 4.78 is 13.4. The van der Waals surface area contributed by atoms with Crippen molar-refractivity contribution in [2.45, 2.75) is 18.9 Å². The fourth-order valence-electron chi connectivity index (χ4n) is 3.61. The Kier molecular flexibility index (Phi) is 6.76. The minimum atomic E-state index is -0.295. The molecule has 3 rings (SSSR count). The van der Waals surface area contributed by atoms with Crippen molar-refractivity contribution in [3.8, 4) is 0 Å². The molecule has 5 nitrogen and oxygen atoms in total. The van der Waals surface area contributed by atoms with E-state index in [2.05, 4.69) is 5.32 Å². The molecule has 0 bridgehead atoms. The molecule has 0 saturated carbocycles. The second kappa shape index (κ2) is 9.46. The Balaban J connectivity index is 1.65. The van der Waals surface area contributed by atoms with Crippen LogP contribution in [-0.2, 0) is 9.59 Å². The molecule has 148 valence electrons. The van der Waals surface area contributed by atoms with Gasteiger partial charge in [-0.05, 0) is 43.1 Å². The summed E-state index contributed by atoms with van der Waals surface area (Å²) in [5.74, 6) is -0.541. The first kappa shape index (κ1) is 20.0. The molecule has 2 aromatic rings. The normalized spacial score (nSPS) is 14.9. The molecule has 1 fully saturated rings. The molecule has 1 aliphatic heterocycles. The summed E-state index contributed by atoms with van der Waals surface area (Å²) >= 11 is 0. The maximum atomic E-state index is 13.4. The van der Waals surface area contributed by atoms with Gasteiger partial charge in [-0.1, -0.05) is 42.5 Å². The molecular weight excluding hydrogens is 357 g/mol. The van der Waals surface area contributed by atoms with Crippen molar-refractivity contribution in [3.63, 3.8) is 0 Å². The summed E-state index contributed by atoms with van der Waals surface area (Å²) in [6, 6.07) is 15.9. The van der Waals surface area contributed by atoms with E-state index in [-0.39, 0.29) is 36.8 Å². The predicted molar refractivity (Wildman–Crippen MR) is 106 cm³/mol. The van der Waals surface area contributed by atoms with Gasteiger partial charge in [0.2, 0.25) is 11.8 Å². The lowest BCUT2D eigenvalue weighted by atomic mass is 9.97. The summed E-state index contributed by atoms with van der Waals surface area (Å²) in [4.78, 5) is 28.2. The lowest BCUT2D eigenvalue weighted by Crippen LogP contribution is -2.42. The number of amides is 2. The zero-order valence-corrected chi connectivity index (χ0v) is 16.1. The minimum Gasteiger partial charge on any atom is -0.346 e. The number of halogens is 1. The van der Waals surface area contributed by atoms with Gasteiger partial charge >= 0.3 is 0 Å². The van der Waals surface area contributed by atoms with Crippen molar-refractivity contribution in [2.24, 2.45) is 0 Å². The van der Waals surface area contributed by atoms with E-state index in [1.54, 1.807) is 17.0 Å². The lowest BCUT2D eigenvalue weighted by Gasteiger charge is -2.28. The highest BCUT2D eigenvalue weighted by Crippen LogP contribution is 2.27. The van der Waals surface area contributed by atoms with Gasteiger partial charge in [0.25, 0.3) is 0 Å². The molecule has 1 saturated heterocycles. The first-order valence-corrected chi connectivity index (χ1v) is 9.59. The summed E-state index contributed by atoms with van der Waals surface area (Å²) in [6.45, 7) is 1.70. The molecule has 2 amide bonds. The Hall–Kier alpha value is -2.73. The van der Waals surface area contributed by atoms with Crippen LogP contribution in [0, 0.1) is 5.82 Å². The molecule has 1 heterocycles. The average Bonchev–Trinajstić information content (AvgIpc) is 3.24. The third-order valence-electron chi connectivity index (χ3n) is 5.03. The van der Waals surface area contributed by atoms with Crippen molar-refractivity contribution in [1.82, 2.24) is 15.1 Å². The number of likely N-dealkylation sites (tertiary alicyclic amines) is 1. The molecule has 0 aliphatic carbocycles. The molecule has 1 aliphatic rings. The molecule has 2 aromatic carbocycles. The van der Waals surface area contributed by atoms with Crippen LogP contribution in [-0.4, -0.2) is 54.8 Å². The molecule has 6 heteroatoms. The molecule has 0 radical (unpaired) electrons. The first-order valence-electron chi connectivity index (χ1n) is 9.59. The lowest BCUT2D eigenvalue weighted by molar-refractivity contribution is -0.132. The van der Waals surface area contributed by atoms with Gasteiger partial charge in [-0.2, -0.15) is 0 Å². The van der Waals surface area contributed by atoms with E-state index in [0.717, 1.165) is 37.1 Å². The van der Waals surface area contributed by atoms with Crippen molar-refractivity contribution < 1.29 is 14.0 Å². The number of nitrogens with zero attached hydrogens (tertiary/aromatic N) is 2. The molecule has 0 aromatic heterocycles. The Morgan fingerprint density at radius 3 is 2.29 bits per heavy atom. The van der Waals surface area contributed by atoms with E-state index >= 15 is 0 Å². The van der Waals surface area contributed by atoms with Crippen molar-refractivity contribution >= 4 is 11.8 Å². The van der Waals surface area contributed by atoms with E-state index in [4.69, 9.17) is 0 Å². The van der Waals surface area contributed by atoms with E-state index in [0.29, 0.717) is 0 Å². The fraction of sp³-hybridized carbons (Fsp3) is 0.364. The number of likely N-dealkylation sites (N-methyl/N-ethyl adjacent to an activating group) is 1. The van der Waals surface area contributed by atoms with Crippen molar-refractivity contribution in [3.05, 3.63) is 71.5 Å². The zero-order valence-electron chi connectivity index (χ0n) is 16.1. The molecule has 1 N–H and O–H groups in total. The Morgan fingerprint density at radius 1 is 1.04 bits per heavy atom. The van der Waals surface area contributed by atoms with Gasteiger partial charge in [0.05, 0.1) is 19.1 Å². The van der Waals surface area contributed by atoms with Crippen LogP contribution in [0.4, 0.5) is 4.39 Å². The van der Waals surface area contributed by atoms with Crippen molar-refractivity contribution in [1.29, 1.82) is 0 Å². The average molecular weight is 383 g/mol. The van der Waals surface area contributed by atoms with E-state index in [1.807, 2.05) is 42.3 Å². The van der Waals surface area contributed by atoms with Gasteiger partial charge in [0, 0.05) is 13.1 Å². The predicted octanol–water partition coefficient (Wildman–Crippen LogP) is 2.59. The Bertz CT molecular complexity index is 789. The van der Waals surface area contributed by atoms with E-state index < -0.39 is 0 Å². The highest BCUT2D eigenvalue weighted by molar-refractivity contribution is 5.85. The van der Waals surface area contributed by atoms with Crippen LogP contribution in [0.15, 0.2) is 54.6 Å². The number of hydrogen-bond donors (Lipinski definition) is 1. The summed E-state index contributed by atoms with van der Waals surface area (Å²) in [5, 5.41) is 2.73. The fourth-order valence-corrected chi connectivity index (χ4v) is 3.61. The quantitative estimate of drug-likeness (QED) is 0.800. The third kappa shape index (κ3) is 5.16. The summed E-state index contributed by atoms with van der Waals surface area (Å²) in [6.07, 6.45) is 2.05. The maximum Gasteiger partial charge on any atom is 0.241 e. The smallest absolute Gasteiger partial charge is 0.241 e. The van der Waals surface area contributed by atoms with Crippen LogP contribution >= 0.6 is 0 Å². The van der Waals surface area contributed by atoms with Crippen molar-refractivity contribution in [2.75, 3.05) is 33.2 Å². The minimum absolute atomic E-state index is 0.0270. The topological polar surface area (TPSA) is 52.7 Å². The van der Waals surface area contributed by atoms with Gasteiger partial charge in [-0.3, -0.25) is 14.5 Å². The summed E-state index contributed by atoms with van der Waals surface area (Å²) in [5.41, 5.74) is 1.91. The largest absolute Gasteiger partial charge is 0.346 e. The second-order valence-corrected chi connectivity index (χ2v) is 7.14. The highest BCUT2D eigenvalue weighted by Gasteiger charge is 2.22. The molecule has 1 atom stereocenters. The van der Waals surface area contributed by atoms with Crippen LogP contribution < -0.4 is 5.32 Å². The SMILES string of the molecule is CN(CC(=O)NCC(=O)N1CCCC1)C(c1ccccc1)c1ccc(F)cc1. The van der Waals surface area contributed by atoms with Gasteiger partial charge in [0.1, 0.15) is 5.82 Å². The van der Waals surface area contributed by atoms with Gasteiger partial charge in [-0.15, -0.1) is 0 Å². The number of carbonyl (C=O) groups excluding carboxylic acids is 2. The monoisotopic (exact) mass is 383 g/mol. The van der Waals surface area contributed by atoms with Gasteiger partial charge in [0.15, 0.2) is 0 Å². The standard InChI is InChI=1S/C22H26FN3O2/c1-25(16-20(27)24-15-21(28)26-13-5-6-14-26)22(17-7-3-2-4-8-17)18-9-11-19(23)12-10-18/h2-4,7-12,22H,5-6,13-16H2,1H3,(H,24,27). The molecular formula is C22H26FN3O2. The Labute approximate surface area is 165 Å². The molecule has 0 spiro atoms. The van der Waals surface area contributed by atoms with Crippen LogP contribution in [0.1, 0.15) is 30.0 Å². The number of nitrogens with one attached hydrogen (secondary N) is 1. The van der Waals surface area contributed by atoms with E-state index in [9.17, 15) is 14.0 Å². The number of benzene rings is 2. The third-order valence-corrected chi connectivity index (χ3v) is 5.03.